The number of nitrogens with one attached hydrogen (secondary N) is 3. The summed E-state index contributed by atoms with van der Waals surface area (Å²) in [6.07, 6.45) is -12.1. The molecule has 320 valence electrons. The van der Waals surface area contributed by atoms with E-state index < -0.39 is 90.4 Å². The Morgan fingerprint density at radius 3 is 2.09 bits per heavy atom. The predicted molar refractivity (Wildman–Crippen MR) is 200 cm³/mol. The third-order valence-electron chi connectivity index (χ3n) is 9.26. The second-order valence-corrected chi connectivity index (χ2v) is 15.1. The first kappa shape index (κ1) is 48.9. The molecule has 57 heavy (non-hydrogen) atoms. The minimum atomic E-state index is -5.96. The van der Waals surface area contributed by atoms with Crippen molar-refractivity contribution in [2.75, 3.05) is 27.7 Å². The van der Waals surface area contributed by atoms with Crippen molar-refractivity contribution in [2.45, 2.75) is 109 Å². The van der Waals surface area contributed by atoms with Crippen molar-refractivity contribution in [1.82, 2.24) is 25.8 Å². The number of methoxy groups -OCH3 is 1. The van der Waals surface area contributed by atoms with E-state index in [2.05, 4.69) is 15.6 Å². The van der Waals surface area contributed by atoms with Gasteiger partial charge in [0.15, 0.2) is 12.0 Å². The van der Waals surface area contributed by atoms with Gasteiger partial charge < -0.3 is 30.3 Å². The van der Waals surface area contributed by atoms with E-state index in [1.54, 1.807) is 33.1 Å². The van der Waals surface area contributed by atoms with Crippen LogP contribution in [-0.2, 0) is 35.1 Å². The lowest BCUT2D eigenvalue weighted by Gasteiger charge is -2.38. The highest BCUT2D eigenvalue weighted by molar-refractivity contribution is 7.09. The Morgan fingerprint density at radius 1 is 0.912 bits per heavy atom. The van der Waals surface area contributed by atoms with Gasteiger partial charge in [-0.15, -0.1) is 11.3 Å². The SMILES string of the molecule is CNCCCCCC(=O)N[C@H](C(=O)N(C)[C@H](C[C@@H](OC(C)=O)c1nc(C(=O)N[C@@H](Cc2ccccc2)C[C@H](C)C(=O)OC)cs1)C(C)C)C(C(F)(F)F)C(F)(F)F. The number of carbonyl (C=O) groups is 5. The lowest BCUT2D eigenvalue weighted by atomic mass is 9.92. The molecular weight excluding hydrogens is 785 g/mol. The van der Waals surface area contributed by atoms with Crippen molar-refractivity contribution < 1.29 is 59.8 Å². The van der Waals surface area contributed by atoms with Crippen molar-refractivity contribution >= 4 is 41.0 Å². The summed E-state index contributed by atoms with van der Waals surface area (Å²) in [5.74, 6) is -10.1. The number of hydrogen-bond acceptors (Lipinski definition) is 10. The predicted octanol–water partition coefficient (Wildman–Crippen LogP) is 6.17. The molecule has 3 amide bonds. The van der Waals surface area contributed by atoms with Gasteiger partial charge in [0, 0.05) is 44.3 Å². The number of amides is 3. The van der Waals surface area contributed by atoms with Crippen LogP contribution in [0.5, 0.6) is 0 Å². The van der Waals surface area contributed by atoms with E-state index in [1.165, 1.54) is 12.5 Å². The molecule has 1 aromatic heterocycles. The number of halogens is 6. The van der Waals surface area contributed by atoms with Gasteiger partial charge in [-0.2, -0.15) is 26.3 Å². The fourth-order valence-corrected chi connectivity index (χ4v) is 7.19. The third kappa shape index (κ3) is 15.9. The molecule has 0 spiro atoms. The number of esters is 2. The lowest BCUT2D eigenvalue weighted by Crippen LogP contribution is -2.60. The van der Waals surface area contributed by atoms with Gasteiger partial charge in [0.25, 0.3) is 5.91 Å². The topological polar surface area (TPSA) is 156 Å². The molecule has 2 rings (SSSR count). The average molecular weight is 838 g/mol. The van der Waals surface area contributed by atoms with Gasteiger partial charge in [0.2, 0.25) is 11.8 Å². The number of benzene rings is 1. The van der Waals surface area contributed by atoms with Gasteiger partial charge in [-0.1, -0.05) is 57.5 Å². The van der Waals surface area contributed by atoms with Gasteiger partial charge in [-0.05, 0) is 50.8 Å². The molecule has 0 saturated heterocycles. The number of alkyl halides is 6. The van der Waals surface area contributed by atoms with Gasteiger partial charge in [-0.3, -0.25) is 24.0 Å². The maximum absolute atomic E-state index is 14.1. The van der Waals surface area contributed by atoms with Gasteiger partial charge >= 0.3 is 24.3 Å². The van der Waals surface area contributed by atoms with Crippen molar-refractivity contribution in [3.8, 4) is 0 Å². The Hall–Kier alpha value is -4.26. The lowest BCUT2D eigenvalue weighted by molar-refractivity contribution is -0.290. The summed E-state index contributed by atoms with van der Waals surface area (Å²) in [7, 11) is 3.97. The molecule has 0 aliphatic carbocycles. The van der Waals surface area contributed by atoms with Crippen LogP contribution in [0.1, 0.15) is 93.4 Å². The maximum Gasteiger partial charge on any atom is 0.403 e. The highest BCUT2D eigenvalue weighted by Gasteiger charge is 2.63. The second-order valence-electron chi connectivity index (χ2n) is 14.2. The van der Waals surface area contributed by atoms with Crippen molar-refractivity contribution in [3.05, 3.63) is 52.0 Å². The normalized spacial score (nSPS) is 14.6. The van der Waals surface area contributed by atoms with Gasteiger partial charge in [0.1, 0.15) is 16.7 Å². The molecule has 5 atom stereocenters. The van der Waals surface area contributed by atoms with E-state index in [9.17, 15) is 50.3 Å². The zero-order chi connectivity index (χ0) is 43.1. The molecular formula is C38H53F6N5O7S. The van der Waals surface area contributed by atoms with Crippen LogP contribution in [-0.4, -0.2) is 97.8 Å². The molecule has 0 radical (unpaired) electrons. The molecule has 0 aliphatic rings. The number of aromatic nitrogens is 1. The number of rotatable bonds is 22. The molecule has 2 aromatic rings. The fourth-order valence-electron chi connectivity index (χ4n) is 6.36. The number of ether oxygens (including phenoxy) is 2. The maximum atomic E-state index is 14.1. The summed E-state index contributed by atoms with van der Waals surface area (Å²) >= 11 is 0.909. The summed E-state index contributed by atoms with van der Waals surface area (Å²) in [6.45, 7) is 6.44. The molecule has 1 aromatic carbocycles. The van der Waals surface area contributed by atoms with Gasteiger partial charge in [-0.25, -0.2) is 4.98 Å². The second kappa shape index (κ2) is 22.6. The summed E-state index contributed by atoms with van der Waals surface area (Å²) < 4.78 is 94.8. The molecule has 0 unspecified atom stereocenters. The minimum Gasteiger partial charge on any atom is -0.469 e. The molecule has 0 fully saturated rings. The quantitative estimate of drug-likeness (QED) is 0.0718. The van der Waals surface area contributed by atoms with Crippen LogP contribution in [0, 0.1) is 17.8 Å². The van der Waals surface area contributed by atoms with Crippen LogP contribution in [0.2, 0.25) is 0 Å². The molecule has 0 saturated carbocycles. The van der Waals surface area contributed by atoms with Crippen molar-refractivity contribution in [3.63, 3.8) is 0 Å². The summed E-state index contributed by atoms with van der Waals surface area (Å²) in [5, 5.41) is 8.94. The van der Waals surface area contributed by atoms with E-state index in [0.717, 1.165) is 30.9 Å². The Labute approximate surface area is 332 Å². The molecule has 3 N–H and O–H groups in total. The highest BCUT2D eigenvalue weighted by Crippen LogP contribution is 2.42. The average Bonchev–Trinajstić information content (AvgIpc) is 3.61. The van der Waals surface area contributed by atoms with E-state index in [0.29, 0.717) is 30.7 Å². The number of likely N-dealkylation sites (N-methyl/N-ethyl adjacent to an activating group) is 1. The number of thiazole rings is 1. The molecule has 0 bridgehead atoms. The van der Waals surface area contributed by atoms with E-state index in [-0.39, 0.29) is 30.0 Å². The molecule has 19 heteroatoms. The standard InChI is InChI=1S/C38H53F6N5O7S/c1-22(2)28(49(6)35(53)31(32(37(39,40)41)38(42,43)44)48-30(51)16-12-9-13-17-45-5)20-29(56-24(4)50)34-47-27(21-57-34)33(52)46-26(18-23(3)36(54)55-7)19-25-14-10-8-11-15-25/h8,10-11,14-15,21-23,26,28-29,31-32,45H,9,12-13,16-20H2,1-7H3,(H,46,52)(H,48,51)/t23-,26+,28+,29+,31-/m0/s1. The third-order valence-corrected chi connectivity index (χ3v) is 10.2. The number of carbonyl (C=O) groups excluding carboxylic acids is 5. The Balaban J connectivity index is 2.42. The summed E-state index contributed by atoms with van der Waals surface area (Å²) in [5.41, 5.74) is 0.791. The Kier molecular flexibility index (Phi) is 19.4. The first-order chi connectivity index (χ1) is 26.6. The Bertz CT molecular complexity index is 1590. The van der Waals surface area contributed by atoms with E-state index >= 15 is 0 Å². The monoisotopic (exact) mass is 837 g/mol. The van der Waals surface area contributed by atoms with E-state index in [1.807, 2.05) is 30.3 Å². The summed E-state index contributed by atoms with van der Waals surface area (Å²) in [4.78, 5) is 69.5. The zero-order valence-electron chi connectivity index (χ0n) is 33.1. The molecule has 12 nitrogen and oxygen atoms in total. The largest absolute Gasteiger partial charge is 0.469 e. The zero-order valence-corrected chi connectivity index (χ0v) is 33.9. The number of nitrogens with zero attached hydrogens (tertiary/aromatic N) is 2. The van der Waals surface area contributed by atoms with Crippen LogP contribution in [0.25, 0.3) is 0 Å². The highest BCUT2D eigenvalue weighted by atomic mass is 32.1. The number of hydrogen-bond donors (Lipinski definition) is 3. The minimum absolute atomic E-state index is 0.0657. The first-order valence-electron chi connectivity index (χ1n) is 18.5. The van der Waals surface area contributed by atoms with Crippen LogP contribution in [0.4, 0.5) is 26.3 Å². The van der Waals surface area contributed by atoms with Crippen LogP contribution < -0.4 is 16.0 Å². The molecule has 0 aliphatic heterocycles. The van der Waals surface area contributed by atoms with Crippen LogP contribution >= 0.6 is 11.3 Å². The first-order valence-corrected chi connectivity index (χ1v) is 19.4. The van der Waals surface area contributed by atoms with Gasteiger partial charge in [0.05, 0.1) is 13.0 Å². The van der Waals surface area contributed by atoms with Crippen molar-refractivity contribution in [1.29, 1.82) is 0 Å². The van der Waals surface area contributed by atoms with Crippen LogP contribution in [0.15, 0.2) is 35.7 Å². The summed E-state index contributed by atoms with van der Waals surface area (Å²) in [6, 6.07) is 4.45. The number of unbranched alkanes of at least 4 members (excludes halogenated alkanes) is 2. The van der Waals surface area contributed by atoms with Crippen molar-refractivity contribution in [2.24, 2.45) is 17.8 Å². The van der Waals surface area contributed by atoms with Crippen LogP contribution in [0.3, 0.4) is 0 Å². The Morgan fingerprint density at radius 2 is 1.54 bits per heavy atom. The molecule has 1 heterocycles. The smallest absolute Gasteiger partial charge is 0.403 e. The fraction of sp³-hybridized carbons (Fsp3) is 0.632. The van der Waals surface area contributed by atoms with E-state index in [4.69, 9.17) is 9.47 Å².